The second-order valence-corrected chi connectivity index (χ2v) is 8.57. The quantitative estimate of drug-likeness (QED) is 0.684. The standard InChI is InChI=1S/C25H29FN2O2/c1-18-8-10-19(11-9-18)16-28-23(29)17-27(22-6-4-2-3-5-7-22)25(30)24(28)20-12-14-21(26)15-13-20/h8-15,22,24H,2-7,16-17H2,1H3/t24-/m1/s1. The minimum absolute atomic E-state index is 0.0415. The summed E-state index contributed by atoms with van der Waals surface area (Å²) in [7, 11) is 0. The predicted molar refractivity (Wildman–Crippen MR) is 114 cm³/mol. The molecule has 1 saturated carbocycles. The summed E-state index contributed by atoms with van der Waals surface area (Å²) in [5.74, 6) is -0.437. The van der Waals surface area contributed by atoms with E-state index in [1.165, 1.54) is 25.0 Å². The molecule has 4 rings (SSSR count). The van der Waals surface area contributed by atoms with Crippen LogP contribution in [0, 0.1) is 12.7 Å². The van der Waals surface area contributed by atoms with Gasteiger partial charge in [-0.25, -0.2) is 4.39 Å². The third-order valence-electron chi connectivity index (χ3n) is 6.38. The Hall–Kier alpha value is -2.69. The van der Waals surface area contributed by atoms with Gasteiger partial charge in [0.2, 0.25) is 5.91 Å². The zero-order valence-corrected chi connectivity index (χ0v) is 17.5. The van der Waals surface area contributed by atoms with Crippen LogP contribution < -0.4 is 0 Å². The SMILES string of the molecule is Cc1ccc(CN2C(=O)CN(C3CCCCCC3)C(=O)[C@H]2c2ccc(F)cc2)cc1. The second-order valence-electron chi connectivity index (χ2n) is 8.57. The van der Waals surface area contributed by atoms with Gasteiger partial charge in [-0.15, -0.1) is 0 Å². The average Bonchev–Trinajstić information content (AvgIpc) is 3.02. The molecule has 30 heavy (non-hydrogen) atoms. The number of aryl methyl sites for hydroxylation is 1. The number of rotatable bonds is 4. The van der Waals surface area contributed by atoms with Gasteiger partial charge in [-0.1, -0.05) is 67.6 Å². The van der Waals surface area contributed by atoms with Gasteiger partial charge in [0.05, 0.1) is 0 Å². The van der Waals surface area contributed by atoms with Gasteiger partial charge in [0.25, 0.3) is 5.91 Å². The van der Waals surface area contributed by atoms with E-state index in [1.54, 1.807) is 21.9 Å². The highest BCUT2D eigenvalue weighted by Gasteiger charge is 2.42. The van der Waals surface area contributed by atoms with E-state index < -0.39 is 6.04 Å². The molecule has 2 aliphatic rings. The van der Waals surface area contributed by atoms with Crippen molar-refractivity contribution in [2.24, 2.45) is 0 Å². The number of carbonyl (C=O) groups excluding carboxylic acids is 2. The van der Waals surface area contributed by atoms with Gasteiger partial charge in [0.15, 0.2) is 0 Å². The summed E-state index contributed by atoms with van der Waals surface area (Å²) in [6.45, 7) is 2.52. The zero-order chi connectivity index (χ0) is 21.1. The smallest absolute Gasteiger partial charge is 0.250 e. The lowest BCUT2D eigenvalue weighted by Crippen LogP contribution is -2.57. The van der Waals surface area contributed by atoms with E-state index in [4.69, 9.17) is 0 Å². The molecule has 2 aromatic rings. The lowest BCUT2D eigenvalue weighted by atomic mass is 9.97. The fraction of sp³-hybridized carbons (Fsp3) is 0.440. The Bertz CT molecular complexity index is 886. The fourth-order valence-electron chi connectivity index (χ4n) is 4.66. The number of halogens is 1. The third-order valence-corrected chi connectivity index (χ3v) is 6.38. The van der Waals surface area contributed by atoms with Crippen LogP contribution >= 0.6 is 0 Å². The van der Waals surface area contributed by atoms with E-state index >= 15 is 0 Å². The maximum atomic E-state index is 13.7. The van der Waals surface area contributed by atoms with Crippen molar-refractivity contribution in [3.8, 4) is 0 Å². The van der Waals surface area contributed by atoms with E-state index in [0.717, 1.165) is 36.8 Å². The van der Waals surface area contributed by atoms with Crippen LogP contribution in [0.25, 0.3) is 0 Å². The number of carbonyl (C=O) groups is 2. The molecule has 2 aromatic carbocycles. The number of piperazine rings is 1. The molecule has 1 aliphatic carbocycles. The molecule has 0 radical (unpaired) electrons. The van der Waals surface area contributed by atoms with Crippen LogP contribution in [0.1, 0.15) is 61.3 Å². The second kappa shape index (κ2) is 8.99. The predicted octanol–water partition coefficient (Wildman–Crippen LogP) is 4.77. The van der Waals surface area contributed by atoms with Crippen LogP contribution in [-0.2, 0) is 16.1 Å². The molecule has 1 heterocycles. The summed E-state index contributed by atoms with van der Waals surface area (Å²) < 4.78 is 13.5. The van der Waals surface area contributed by atoms with Crippen molar-refractivity contribution in [1.82, 2.24) is 9.80 Å². The average molecular weight is 409 g/mol. The number of amides is 2. The van der Waals surface area contributed by atoms with Crippen LogP contribution in [0.4, 0.5) is 4.39 Å². The van der Waals surface area contributed by atoms with Crippen molar-refractivity contribution < 1.29 is 14.0 Å². The Morgan fingerprint density at radius 1 is 0.900 bits per heavy atom. The topological polar surface area (TPSA) is 40.6 Å². The first kappa shape index (κ1) is 20.6. The van der Waals surface area contributed by atoms with Crippen LogP contribution in [-0.4, -0.2) is 34.2 Å². The lowest BCUT2D eigenvalue weighted by Gasteiger charge is -2.43. The summed E-state index contributed by atoms with van der Waals surface area (Å²) in [6.07, 6.45) is 6.47. The van der Waals surface area contributed by atoms with E-state index in [-0.39, 0.29) is 30.2 Å². The highest BCUT2D eigenvalue weighted by atomic mass is 19.1. The van der Waals surface area contributed by atoms with Crippen molar-refractivity contribution in [1.29, 1.82) is 0 Å². The Balaban J connectivity index is 1.66. The molecule has 2 fully saturated rings. The Kier molecular flexibility index (Phi) is 6.16. The summed E-state index contributed by atoms with van der Waals surface area (Å²) >= 11 is 0. The molecule has 4 nitrogen and oxygen atoms in total. The Morgan fingerprint density at radius 3 is 2.17 bits per heavy atom. The molecule has 2 amide bonds. The monoisotopic (exact) mass is 408 g/mol. The lowest BCUT2D eigenvalue weighted by molar-refractivity contribution is -0.159. The van der Waals surface area contributed by atoms with Crippen molar-refractivity contribution in [2.45, 2.75) is 64.1 Å². The Labute approximate surface area is 177 Å². The minimum Gasteiger partial charge on any atom is -0.328 e. The molecule has 0 N–H and O–H groups in total. The Morgan fingerprint density at radius 2 is 1.53 bits per heavy atom. The van der Waals surface area contributed by atoms with Gasteiger partial charge in [-0.3, -0.25) is 9.59 Å². The van der Waals surface area contributed by atoms with Crippen molar-refractivity contribution >= 4 is 11.8 Å². The highest BCUT2D eigenvalue weighted by molar-refractivity contribution is 5.95. The summed E-state index contributed by atoms with van der Waals surface area (Å²) in [5, 5.41) is 0. The number of hydrogen-bond donors (Lipinski definition) is 0. The van der Waals surface area contributed by atoms with E-state index in [2.05, 4.69) is 0 Å². The van der Waals surface area contributed by atoms with Gasteiger partial charge in [0, 0.05) is 12.6 Å². The normalized spacial score (nSPS) is 21.1. The van der Waals surface area contributed by atoms with Crippen molar-refractivity contribution in [3.63, 3.8) is 0 Å². The van der Waals surface area contributed by atoms with Crippen LogP contribution in [0.15, 0.2) is 48.5 Å². The van der Waals surface area contributed by atoms with Gasteiger partial charge in [-0.2, -0.15) is 0 Å². The molecular formula is C25H29FN2O2. The summed E-state index contributed by atoms with van der Waals surface area (Å²) in [5.41, 5.74) is 2.80. The number of benzene rings is 2. The maximum absolute atomic E-state index is 13.7. The molecule has 5 heteroatoms. The van der Waals surface area contributed by atoms with E-state index in [0.29, 0.717) is 12.1 Å². The van der Waals surface area contributed by atoms with Gasteiger partial charge >= 0.3 is 0 Å². The van der Waals surface area contributed by atoms with Crippen LogP contribution in [0.2, 0.25) is 0 Å². The molecule has 1 atom stereocenters. The minimum atomic E-state index is -0.712. The first-order valence-corrected chi connectivity index (χ1v) is 10.9. The van der Waals surface area contributed by atoms with E-state index in [9.17, 15) is 14.0 Å². The van der Waals surface area contributed by atoms with E-state index in [1.807, 2.05) is 31.2 Å². The largest absolute Gasteiger partial charge is 0.328 e. The molecule has 1 aliphatic heterocycles. The molecular weight excluding hydrogens is 379 g/mol. The third kappa shape index (κ3) is 4.40. The molecule has 0 aromatic heterocycles. The van der Waals surface area contributed by atoms with Gasteiger partial charge < -0.3 is 9.80 Å². The summed E-state index contributed by atoms with van der Waals surface area (Å²) in [6, 6.07) is 13.4. The molecule has 0 bridgehead atoms. The maximum Gasteiger partial charge on any atom is 0.250 e. The summed E-state index contributed by atoms with van der Waals surface area (Å²) in [4.78, 5) is 30.4. The molecule has 0 unspecified atom stereocenters. The first-order chi connectivity index (χ1) is 14.5. The van der Waals surface area contributed by atoms with Crippen molar-refractivity contribution in [2.75, 3.05) is 6.54 Å². The first-order valence-electron chi connectivity index (χ1n) is 10.9. The van der Waals surface area contributed by atoms with Crippen LogP contribution in [0.5, 0.6) is 0 Å². The highest BCUT2D eigenvalue weighted by Crippen LogP contribution is 2.33. The molecule has 0 spiro atoms. The molecule has 158 valence electrons. The van der Waals surface area contributed by atoms with Gasteiger partial charge in [0.1, 0.15) is 18.4 Å². The zero-order valence-electron chi connectivity index (χ0n) is 17.5. The van der Waals surface area contributed by atoms with Gasteiger partial charge in [-0.05, 0) is 43.0 Å². The van der Waals surface area contributed by atoms with Crippen molar-refractivity contribution in [3.05, 3.63) is 71.0 Å². The number of nitrogens with zero attached hydrogens (tertiary/aromatic N) is 2. The van der Waals surface area contributed by atoms with Crippen LogP contribution in [0.3, 0.4) is 0 Å². The number of hydrogen-bond acceptors (Lipinski definition) is 2. The fourth-order valence-corrected chi connectivity index (χ4v) is 4.66. The molecule has 1 saturated heterocycles.